The second-order valence-electron chi connectivity index (χ2n) is 8.02. The molecule has 31 heavy (non-hydrogen) atoms. The van der Waals surface area contributed by atoms with Crippen LogP contribution in [0.1, 0.15) is 12.0 Å². The van der Waals surface area contributed by atoms with Gasteiger partial charge in [-0.1, -0.05) is 36.4 Å². The largest absolute Gasteiger partial charge is 0.353 e. The van der Waals surface area contributed by atoms with Crippen LogP contribution in [0, 0.1) is 17.6 Å². The minimum absolute atomic E-state index is 0.0727. The minimum Gasteiger partial charge on any atom is -0.353 e. The molecule has 8 heteroatoms. The molecule has 2 aliphatic rings. The number of nitrogens with zero attached hydrogens (tertiary/aromatic N) is 2. The van der Waals surface area contributed by atoms with Crippen LogP contribution in [0.5, 0.6) is 0 Å². The number of likely N-dealkylation sites (tertiary alicyclic amines) is 1. The molecule has 0 radical (unpaired) electrons. The van der Waals surface area contributed by atoms with Crippen LogP contribution in [0.2, 0.25) is 0 Å². The van der Waals surface area contributed by atoms with Crippen molar-refractivity contribution in [3.8, 4) is 11.1 Å². The van der Waals surface area contributed by atoms with Gasteiger partial charge in [0.25, 0.3) is 0 Å². The van der Waals surface area contributed by atoms with Crippen LogP contribution in [0.25, 0.3) is 11.1 Å². The number of carbonyl (C=O) groups excluding carboxylic acids is 3. The van der Waals surface area contributed by atoms with Gasteiger partial charge < -0.3 is 15.1 Å². The van der Waals surface area contributed by atoms with E-state index in [9.17, 15) is 23.2 Å². The predicted octanol–water partition coefficient (Wildman–Crippen LogP) is 1.98. The van der Waals surface area contributed by atoms with Crippen molar-refractivity contribution < 1.29 is 23.2 Å². The molecule has 4 rings (SSSR count). The summed E-state index contributed by atoms with van der Waals surface area (Å²) in [5.74, 6) is -2.75. The average Bonchev–Trinajstić information content (AvgIpc) is 3.10. The van der Waals surface area contributed by atoms with Gasteiger partial charge in [0.2, 0.25) is 17.7 Å². The number of nitrogens with one attached hydrogen (secondary N) is 1. The predicted molar refractivity (Wildman–Crippen MR) is 110 cm³/mol. The molecule has 0 unspecified atom stereocenters. The molecular weight excluding hydrogens is 404 g/mol. The number of hydrogen-bond acceptors (Lipinski definition) is 3. The van der Waals surface area contributed by atoms with Gasteiger partial charge in [-0.25, -0.2) is 8.78 Å². The summed E-state index contributed by atoms with van der Waals surface area (Å²) in [5, 5.41) is 2.79. The molecule has 0 aliphatic carbocycles. The average molecular weight is 427 g/mol. The normalized spacial score (nSPS) is 21.4. The van der Waals surface area contributed by atoms with Crippen molar-refractivity contribution >= 4 is 17.7 Å². The number of rotatable bonds is 4. The molecule has 2 aliphatic heterocycles. The third-order valence-corrected chi connectivity index (χ3v) is 5.95. The summed E-state index contributed by atoms with van der Waals surface area (Å²) in [6.07, 6.45) is 0.452. The van der Waals surface area contributed by atoms with Gasteiger partial charge in [-0.3, -0.25) is 14.4 Å². The highest BCUT2D eigenvalue weighted by Gasteiger charge is 2.40. The zero-order valence-electron chi connectivity index (χ0n) is 17.1. The second-order valence-corrected chi connectivity index (χ2v) is 8.02. The van der Waals surface area contributed by atoms with Gasteiger partial charge in [-0.15, -0.1) is 0 Å². The molecule has 2 heterocycles. The molecule has 0 spiro atoms. The number of hydrogen-bond donors (Lipinski definition) is 1. The van der Waals surface area contributed by atoms with Gasteiger partial charge in [-0.2, -0.15) is 0 Å². The van der Waals surface area contributed by atoms with Gasteiger partial charge in [-0.05, 0) is 17.2 Å². The molecular formula is C23H23F2N3O3. The maximum Gasteiger partial charge on any atom is 0.243 e. The topological polar surface area (TPSA) is 69.7 Å². The number of halogens is 2. The van der Waals surface area contributed by atoms with Crippen LogP contribution in [0.3, 0.4) is 0 Å². The van der Waals surface area contributed by atoms with Crippen LogP contribution in [0.4, 0.5) is 8.78 Å². The zero-order valence-corrected chi connectivity index (χ0v) is 17.1. The lowest BCUT2D eigenvalue weighted by Gasteiger charge is -2.36. The lowest BCUT2D eigenvalue weighted by Crippen LogP contribution is -2.59. The lowest BCUT2D eigenvalue weighted by molar-refractivity contribution is -0.146. The highest BCUT2D eigenvalue weighted by Crippen LogP contribution is 2.26. The minimum atomic E-state index is -0.911. The van der Waals surface area contributed by atoms with Crippen molar-refractivity contribution in [1.29, 1.82) is 0 Å². The molecule has 6 nitrogen and oxygen atoms in total. The maximum absolute atomic E-state index is 14.1. The molecule has 0 bridgehead atoms. The van der Waals surface area contributed by atoms with Crippen LogP contribution in [-0.4, -0.2) is 60.2 Å². The Morgan fingerprint density at radius 2 is 1.87 bits per heavy atom. The molecule has 2 saturated heterocycles. The van der Waals surface area contributed by atoms with Gasteiger partial charge >= 0.3 is 0 Å². The monoisotopic (exact) mass is 427 g/mol. The van der Waals surface area contributed by atoms with Crippen molar-refractivity contribution in [2.45, 2.75) is 18.9 Å². The zero-order chi connectivity index (χ0) is 22.1. The third kappa shape index (κ3) is 4.15. The summed E-state index contributed by atoms with van der Waals surface area (Å²) in [7, 11) is 1.67. The van der Waals surface area contributed by atoms with Crippen molar-refractivity contribution in [2.75, 3.05) is 26.7 Å². The quantitative estimate of drug-likeness (QED) is 0.811. The van der Waals surface area contributed by atoms with Crippen LogP contribution in [0.15, 0.2) is 42.5 Å². The summed E-state index contributed by atoms with van der Waals surface area (Å²) < 4.78 is 27.6. The van der Waals surface area contributed by atoms with E-state index in [4.69, 9.17) is 0 Å². The number of amides is 3. The number of carbonyl (C=O) groups is 3. The molecule has 162 valence electrons. The molecule has 2 aromatic carbocycles. The van der Waals surface area contributed by atoms with Gasteiger partial charge in [0, 0.05) is 45.1 Å². The summed E-state index contributed by atoms with van der Waals surface area (Å²) in [5.41, 5.74) is 1.48. The van der Waals surface area contributed by atoms with E-state index < -0.39 is 23.6 Å². The summed E-state index contributed by atoms with van der Waals surface area (Å²) in [6, 6.07) is 10.2. The Morgan fingerprint density at radius 1 is 1.13 bits per heavy atom. The van der Waals surface area contributed by atoms with Gasteiger partial charge in [0.15, 0.2) is 11.6 Å². The van der Waals surface area contributed by atoms with E-state index in [0.717, 1.165) is 11.6 Å². The van der Waals surface area contributed by atoms with E-state index in [1.54, 1.807) is 36.2 Å². The second kappa shape index (κ2) is 8.45. The molecule has 2 atom stereocenters. The van der Waals surface area contributed by atoms with E-state index in [-0.39, 0.29) is 29.7 Å². The highest BCUT2D eigenvalue weighted by atomic mass is 19.2. The highest BCUT2D eigenvalue weighted by molar-refractivity contribution is 5.93. The molecule has 0 saturated carbocycles. The van der Waals surface area contributed by atoms with Crippen LogP contribution < -0.4 is 5.32 Å². The Morgan fingerprint density at radius 3 is 2.55 bits per heavy atom. The Balaban J connectivity index is 1.52. The molecule has 1 N–H and O–H groups in total. The van der Waals surface area contributed by atoms with E-state index in [2.05, 4.69) is 5.32 Å². The lowest BCUT2D eigenvalue weighted by atomic mass is 9.97. The fourth-order valence-corrected chi connectivity index (χ4v) is 4.22. The smallest absolute Gasteiger partial charge is 0.243 e. The van der Waals surface area contributed by atoms with E-state index in [1.807, 2.05) is 0 Å². The van der Waals surface area contributed by atoms with Gasteiger partial charge in [0.1, 0.15) is 6.04 Å². The molecule has 2 aromatic rings. The molecule has 3 amide bonds. The number of piperazine rings is 1. The van der Waals surface area contributed by atoms with Gasteiger partial charge in [0.05, 0.1) is 5.92 Å². The number of benzene rings is 2. The van der Waals surface area contributed by atoms with Crippen molar-refractivity contribution in [1.82, 2.24) is 15.1 Å². The van der Waals surface area contributed by atoms with Crippen LogP contribution in [-0.2, 0) is 20.8 Å². The first-order chi connectivity index (χ1) is 14.8. The standard InChI is InChI=1S/C23H23F2N3O3/c1-27-13-16(12-20(27)29)23(31)28-10-9-26-22(30)19(28)11-14-5-7-15(8-6-14)17-3-2-4-18(24)21(17)25/h2-8,16,19H,9-13H2,1H3,(H,26,30)/t16-,19-/m1/s1. The fraction of sp³-hybridized carbons (Fsp3) is 0.348. The van der Waals surface area contributed by atoms with Crippen molar-refractivity contribution in [3.63, 3.8) is 0 Å². The Labute approximate surface area is 178 Å². The Kier molecular flexibility index (Phi) is 5.71. The first-order valence-electron chi connectivity index (χ1n) is 10.2. The first kappa shape index (κ1) is 21.0. The summed E-state index contributed by atoms with van der Waals surface area (Å²) in [4.78, 5) is 40.5. The molecule has 0 aromatic heterocycles. The van der Waals surface area contributed by atoms with Crippen molar-refractivity contribution in [3.05, 3.63) is 59.7 Å². The van der Waals surface area contributed by atoms with E-state index in [0.29, 0.717) is 31.6 Å². The summed E-state index contributed by atoms with van der Waals surface area (Å²) in [6.45, 7) is 1.11. The Bertz CT molecular complexity index is 1030. The van der Waals surface area contributed by atoms with Crippen molar-refractivity contribution in [2.24, 2.45) is 5.92 Å². The molecule has 2 fully saturated rings. The van der Waals surface area contributed by atoms with Crippen LogP contribution >= 0.6 is 0 Å². The first-order valence-corrected chi connectivity index (χ1v) is 10.2. The SMILES string of the molecule is CN1C[C@H](C(=O)N2CCNC(=O)[C@H]2Cc2ccc(-c3cccc(F)c3F)cc2)CC1=O. The maximum atomic E-state index is 14.1. The third-order valence-electron chi connectivity index (χ3n) is 5.95. The van der Waals surface area contributed by atoms with E-state index >= 15 is 0 Å². The fourth-order valence-electron chi connectivity index (χ4n) is 4.22. The Hall–Kier alpha value is -3.29. The van der Waals surface area contributed by atoms with E-state index in [1.165, 1.54) is 17.0 Å². The summed E-state index contributed by atoms with van der Waals surface area (Å²) >= 11 is 0.